The van der Waals surface area contributed by atoms with Crippen LogP contribution in [0.3, 0.4) is 0 Å². The summed E-state index contributed by atoms with van der Waals surface area (Å²) in [6, 6.07) is 0.746. The van der Waals surface area contributed by atoms with Crippen LogP contribution >= 0.6 is 0 Å². The predicted molar refractivity (Wildman–Crippen MR) is 78.0 cm³/mol. The molecule has 18 heavy (non-hydrogen) atoms. The molecular formula is C15H31N3. The van der Waals surface area contributed by atoms with Crippen LogP contribution in [0, 0.1) is 0 Å². The zero-order valence-corrected chi connectivity index (χ0v) is 12.5. The highest BCUT2D eigenvalue weighted by atomic mass is 15.3. The Kier molecular flexibility index (Phi) is 5.05. The van der Waals surface area contributed by atoms with Gasteiger partial charge in [0.25, 0.3) is 0 Å². The molecule has 3 nitrogen and oxygen atoms in total. The Bertz CT molecular complexity index is 244. The van der Waals surface area contributed by atoms with Gasteiger partial charge in [-0.05, 0) is 39.8 Å². The molecule has 2 saturated heterocycles. The Morgan fingerprint density at radius 3 is 2.39 bits per heavy atom. The molecule has 0 aromatic heterocycles. The maximum absolute atomic E-state index is 3.64. The zero-order valence-electron chi connectivity index (χ0n) is 12.5. The van der Waals surface area contributed by atoms with Crippen molar-refractivity contribution in [3.05, 3.63) is 0 Å². The van der Waals surface area contributed by atoms with E-state index >= 15 is 0 Å². The van der Waals surface area contributed by atoms with E-state index in [2.05, 4.69) is 35.9 Å². The lowest BCUT2D eigenvalue weighted by Gasteiger charge is -2.42. The molecule has 0 radical (unpaired) electrons. The number of nitrogens with one attached hydrogen (secondary N) is 1. The van der Waals surface area contributed by atoms with Crippen LogP contribution in [0.1, 0.15) is 46.5 Å². The molecular weight excluding hydrogens is 222 g/mol. The molecule has 0 aromatic carbocycles. The van der Waals surface area contributed by atoms with Crippen molar-refractivity contribution in [3.63, 3.8) is 0 Å². The first-order valence-corrected chi connectivity index (χ1v) is 7.85. The number of hydrogen-bond donors (Lipinski definition) is 1. The van der Waals surface area contributed by atoms with Crippen molar-refractivity contribution in [2.45, 2.75) is 58.0 Å². The van der Waals surface area contributed by atoms with Crippen molar-refractivity contribution in [3.8, 4) is 0 Å². The fourth-order valence-electron chi connectivity index (χ4n) is 3.53. The number of unbranched alkanes of at least 4 members (excludes halogenated alkanes) is 2. The third kappa shape index (κ3) is 3.46. The normalized spacial score (nSPS) is 29.8. The molecule has 0 amide bonds. The first-order valence-electron chi connectivity index (χ1n) is 7.85. The van der Waals surface area contributed by atoms with Crippen molar-refractivity contribution in [2.75, 3.05) is 39.3 Å². The second kappa shape index (κ2) is 6.36. The van der Waals surface area contributed by atoms with E-state index in [0.717, 1.165) is 6.04 Å². The smallest absolute Gasteiger partial charge is 0.0285 e. The van der Waals surface area contributed by atoms with Crippen LogP contribution in [0.2, 0.25) is 0 Å². The summed E-state index contributed by atoms with van der Waals surface area (Å²) >= 11 is 0. The van der Waals surface area contributed by atoms with Crippen molar-refractivity contribution >= 4 is 0 Å². The lowest BCUT2D eigenvalue weighted by Crippen LogP contribution is -2.57. The molecule has 1 atom stereocenters. The fraction of sp³-hybridized carbons (Fsp3) is 1.00. The summed E-state index contributed by atoms with van der Waals surface area (Å²) in [6.07, 6.45) is 5.43. The molecule has 1 unspecified atom stereocenters. The van der Waals surface area contributed by atoms with Gasteiger partial charge in [0.2, 0.25) is 0 Å². The summed E-state index contributed by atoms with van der Waals surface area (Å²) in [5.41, 5.74) is 0.310. The average Bonchev–Trinajstić information content (AvgIpc) is 2.70. The molecule has 106 valence electrons. The number of nitrogens with zero attached hydrogens (tertiary/aromatic N) is 2. The quantitative estimate of drug-likeness (QED) is 0.755. The van der Waals surface area contributed by atoms with Crippen LogP contribution in [0.4, 0.5) is 0 Å². The van der Waals surface area contributed by atoms with E-state index in [1.807, 2.05) is 0 Å². The molecule has 0 saturated carbocycles. The summed E-state index contributed by atoms with van der Waals surface area (Å²) in [5, 5.41) is 3.64. The molecule has 3 heteroatoms. The molecule has 2 aliphatic rings. The third-order valence-corrected chi connectivity index (χ3v) is 4.76. The second-order valence-corrected chi connectivity index (χ2v) is 6.54. The van der Waals surface area contributed by atoms with E-state index in [4.69, 9.17) is 0 Å². The van der Waals surface area contributed by atoms with Gasteiger partial charge >= 0.3 is 0 Å². The summed E-state index contributed by atoms with van der Waals surface area (Å²) < 4.78 is 0. The zero-order chi connectivity index (χ0) is 13.0. The third-order valence-electron chi connectivity index (χ3n) is 4.76. The first kappa shape index (κ1) is 14.3. The van der Waals surface area contributed by atoms with Crippen molar-refractivity contribution in [2.24, 2.45) is 0 Å². The minimum Gasteiger partial charge on any atom is -0.310 e. The molecule has 2 rings (SSSR count). The molecule has 2 aliphatic heterocycles. The van der Waals surface area contributed by atoms with Crippen LogP contribution in [0.25, 0.3) is 0 Å². The van der Waals surface area contributed by atoms with Crippen LogP contribution < -0.4 is 5.32 Å². The standard InChI is InChI=1S/C15H31N3/c1-4-5-6-9-17-10-12-18(13-11-17)14-7-8-16-15(14,2)3/h14,16H,4-13H2,1-3H3. The molecule has 1 N–H and O–H groups in total. The fourth-order valence-corrected chi connectivity index (χ4v) is 3.53. The van der Waals surface area contributed by atoms with E-state index in [1.165, 1.54) is 65.0 Å². The molecule has 2 heterocycles. The van der Waals surface area contributed by atoms with Crippen LogP contribution in [-0.2, 0) is 0 Å². The highest BCUT2D eigenvalue weighted by Gasteiger charge is 2.38. The highest BCUT2D eigenvalue weighted by molar-refractivity contribution is 4.99. The van der Waals surface area contributed by atoms with E-state index in [-0.39, 0.29) is 0 Å². The lowest BCUT2D eigenvalue weighted by atomic mass is 9.95. The Balaban J connectivity index is 1.73. The lowest BCUT2D eigenvalue weighted by molar-refractivity contribution is 0.0731. The molecule has 0 spiro atoms. The van der Waals surface area contributed by atoms with Gasteiger partial charge in [-0.25, -0.2) is 0 Å². The molecule has 2 fully saturated rings. The largest absolute Gasteiger partial charge is 0.310 e. The van der Waals surface area contributed by atoms with Crippen molar-refractivity contribution < 1.29 is 0 Å². The Morgan fingerprint density at radius 2 is 1.83 bits per heavy atom. The Hall–Kier alpha value is -0.120. The maximum Gasteiger partial charge on any atom is 0.0285 e. The Labute approximate surface area is 113 Å². The average molecular weight is 253 g/mol. The topological polar surface area (TPSA) is 18.5 Å². The van der Waals surface area contributed by atoms with Crippen molar-refractivity contribution in [1.82, 2.24) is 15.1 Å². The summed E-state index contributed by atoms with van der Waals surface area (Å²) in [6.45, 7) is 14.6. The highest BCUT2D eigenvalue weighted by Crippen LogP contribution is 2.25. The van der Waals surface area contributed by atoms with Gasteiger partial charge in [-0.2, -0.15) is 0 Å². The SMILES string of the molecule is CCCCCN1CCN(C2CCNC2(C)C)CC1. The maximum atomic E-state index is 3.64. The predicted octanol–water partition coefficient (Wildman–Crippen LogP) is 1.93. The van der Waals surface area contributed by atoms with Gasteiger partial charge in [0.1, 0.15) is 0 Å². The van der Waals surface area contributed by atoms with Gasteiger partial charge < -0.3 is 10.2 Å². The van der Waals surface area contributed by atoms with Gasteiger partial charge in [-0.15, -0.1) is 0 Å². The van der Waals surface area contributed by atoms with Gasteiger partial charge in [0.05, 0.1) is 0 Å². The monoisotopic (exact) mass is 253 g/mol. The van der Waals surface area contributed by atoms with Crippen LogP contribution in [0.15, 0.2) is 0 Å². The minimum atomic E-state index is 0.310. The number of hydrogen-bond acceptors (Lipinski definition) is 3. The minimum absolute atomic E-state index is 0.310. The van der Waals surface area contributed by atoms with Gasteiger partial charge in [0.15, 0.2) is 0 Å². The number of piperazine rings is 1. The van der Waals surface area contributed by atoms with Gasteiger partial charge in [-0.1, -0.05) is 19.8 Å². The second-order valence-electron chi connectivity index (χ2n) is 6.54. The van der Waals surface area contributed by atoms with Gasteiger partial charge in [-0.3, -0.25) is 4.90 Å². The summed E-state index contributed by atoms with van der Waals surface area (Å²) in [4.78, 5) is 5.37. The molecule has 0 aromatic rings. The van der Waals surface area contributed by atoms with Crippen LogP contribution in [-0.4, -0.2) is 60.6 Å². The van der Waals surface area contributed by atoms with E-state index in [1.54, 1.807) is 0 Å². The summed E-state index contributed by atoms with van der Waals surface area (Å²) in [5.74, 6) is 0. The van der Waals surface area contributed by atoms with E-state index in [9.17, 15) is 0 Å². The van der Waals surface area contributed by atoms with E-state index < -0.39 is 0 Å². The van der Waals surface area contributed by atoms with Crippen molar-refractivity contribution in [1.29, 1.82) is 0 Å². The molecule has 0 bridgehead atoms. The van der Waals surface area contributed by atoms with Crippen LogP contribution in [0.5, 0.6) is 0 Å². The Morgan fingerprint density at radius 1 is 1.11 bits per heavy atom. The number of rotatable bonds is 5. The van der Waals surface area contributed by atoms with Gasteiger partial charge in [0, 0.05) is 37.8 Å². The van der Waals surface area contributed by atoms with E-state index in [0.29, 0.717) is 5.54 Å². The first-order chi connectivity index (χ1) is 8.63. The molecule has 0 aliphatic carbocycles. The summed E-state index contributed by atoms with van der Waals surface area (Å²) in [7, 11) is 0.